The molecule has 1 N–H and O–H groups in total. The van der Waals surface area contributed by atoms with E-state index >= 15 is 0 Å². The Kier molecular flexibility index (Phi) is 5.77. The van der Waals surface area contributed by atoms with Gasteiger partial charge in [0.15, 0.2) is 11.5 Å². The third-order valence-electron chi connectivity index (χ3n) is 4.07. The molecule has 4 aromatic rings. The second-order valence-corrected chi connectivity index (χ2v) is 6.11. The predicted octanol–water partition coefficient (Wildman–Crippen LogP) is 5.39. The Morgan fingerprint density at radius 1 is 0.839 bits per heavy atom. The smallest absolute Gasteiger partial charge is 0.338 e. The molecular formula is C18H11ClF6N6. The zero-order valence-corrected chi connectivity index (χ0v) is 15.9. The molecule has 4 aromatic heterocycles. The van der Waals surface area contributed by atoms with Crippen molar-refractivity contribution in [3.8, 4) is 11.3 Å². The minimum absolute atomic E-state index is 0. The van der Waals surface area contributed by atoms with E-state index in [-0.39, 0.29) is 40.8 Å². The summed E-state index contributed by atoms with van der Waals surface area (Å²) in [6.45, 7) is 0. The lowest BCUT2D eigenvalue weighted by Gasteiger charge is -2.11. The van der Waals surface area contributed by atoms with Crippen LogP contribution in [-0.2, 0) is 12.4 Å². The molecular weight excluding hydrogens is 450 g/mol. The van der Waals surface area contributed by atoms with E-state index in [4.69, 9.17) is 0 Å². The Balaban J connectivity index is 0.00000272. The second kappa shape index (κ2) is 8.02. The molecule has 0 radical (unpaired) electrons. The van der Waals surface area contributed by atoms with Crippen LogP contribution in [-0.4, -0.2) is 24.6 Å². The van der Waals surface area contributed by atoms with Crippen LogP contribution >= 0.6 is 12.4 Å². The Morgan fingerprint density at radius 2 is 1.61 bits per heavy atom. The van der Waals surface area contributed by atoms with Gasteiger partial charge in [-0.3, -0.25) is 4.98 Å². The molecule has 0 aliphatic heterocycles. The van der Waals surface area contributed by atoms with E-state index in [1.165, 1.54) is 41.3 Å². The van der Waals surface area contributed by atoms with E-state index in [9.17, 15) is 26.3 Å². The molecule has 4 rings (SSSR count). The maximum Gasteiger partial charge on any atom is 0.433 e. The Hall–Kier alpha value is -3.41. The molecule has 0 unspecified atom stereocenters. The Labute approximate surface area is 176 Å². The van der Waals surface area contributed by atoms with Gasteiger partial charge in [-0.2, -0.15) is 36.0 Å². The van der Waals surface area contributed by atoms with Crippen molar-refractivity contribution in [2.45, 2.75) is 12.4 Å². The number of halogens is 7. The standard InChI is InChI=1S/C18H10F6N6.ClH/c19-17(20,21)12-2-1-5-25-16(12)10-6-14-27-9-15(30(14)28-7-10)29-11-3-4-13(26-8-11)18(22,23)24;/h1-9,29H;1H. The summed E-state index contributed by atoms with van der Waals surface area (Å²) in [5, 5.41) is 6.89. The van der Waals surface area contributed by atoms with E-state index in [1.54, 1.807) is 0 Å². The van der Waals surface area contributed by atoms with Crippen LogP contribution in [0.4, 0.5) is 37.8 Å². The van der Waals surface area contributed by atoms with Gasteiger partial charge in [-0.1, -0.05) is 0 Å². The van der Waals surface area contributed by atoms with Crippen molar-refractivity contribution in [2.75, 3.05) is 5.32 Å². The zero-order chi connectivity index (χ0) is 21.5. The summed E-state index contributed by atoms with van der Waals surface area (Å²) in [7, 11) is 0. The summed E-state index contributed by atoms with van der Waals surface area (Å²) >= 11 is 0. The summed E-state index contributed by atoms with van der Waals surface area (Å²) in [4.78, 5) is 11.2. The van der Waals surface area contributed by atoms with Crippen LogP contribution in [0, 0.1) is 0 Å². The van der Waals surface area contributed by atoms with Crippen molar-refractivity contribution in [1.82, 2.24) is 24.6 Å². The Bertz CT molecular complexity index is 1200. The van der Waals surface area contributed by atoms with Crippen molar-refractivity contribution in [1.29, 1.82) is 0 Å². The molecule has 0 atom stereocenters. The van der Waals surface area contributed by atoms with Crippen LogP contribution in [0.25, 0.3) is 16.9 Å². The van der Waals surface area contributed by atoms with Crippen LogP contribution in [0.1, 0.15) is 11.3 Å². The van der Waals surface area contributed by atoms with Gasteiger partial charge in [-0.05, 0) is 30.3 Å². The fourth-order valence-corrected chi connectivity index (χ4v) is 2.74. The highest BCUT2D eigenvalue weighted by molar-refractivity contribution is 5.85. The van der Waals surface area contributed by atoms with Gasteiger partial charge in [-0.15, -0.1) is 12.4 Å². The lowest BCUT2D eigenvalue weighted by molar-refractivity contribution is -0.141. The quantitative estimate of drug-likeness (QED) is 0.415. The van der Waals surface area contributed by atoms with Crippen LogP contribution in [0.15, 0.2) is 55.1 Å². The minimum atomic E-state index is -4.59. The first kappa shape index (κ1) is 22.3. The topological polar surface area (TPSA) is 68.0 Å². The second-order valence-electron chi connectivity index (χ2n) is 6.11. The monoisotopic (exact) mass is 460 g/mol. The summed E-state index contributed by atoms with van der Waals surface area (Å²) in [5.41, 5.74) is -1.65. The van der Waals surface area contributed by atoms with Crippen molar-refractivity contribution in [2.24, 2.45) is 0 Å². The van der Waals surface area contributed by atoms with Crippen molar-refractivity contribution < 1.29 is 26.3 Å². The number of alkyl halides is 6. The number of pyridine rings is 2. The molecule has 0 aromatic carbocycles. The number of anilines is 2. The largest absolute Gasteiger partial charge is 0.433 e. The summed E-state index contributed by atoms with van der Waals surface area (Å²) in [6, 6.07) is 5.49. The lowest BCUT2D eigenvalue weighted by Crippen LogP contribution is -2.09. The van der Waals surface area contributed by atoms with Crippen molar-refractivity contribution in [3.63, 3.8) is 0 Å². The molecule has 0 saturated heterocycles. The first-order valence-electron chi connectivity index (χ1n) is 8.29. The third kappa shape index (κ3) is 4.53. The SMILES string of the molecule is Cl.FC(F)(F)c1ccc(Nc2cnc3cc(-c4ncccc4C(F)(F)F)cnn23)cn1. The van der Waals surface area contributed by atoms with E-state index in [0.717, 1.165) is 18.3 Å². The highest BCUT2D eigenvalue weighted by Gasteiger charge is 2.34. The van der Waals surface area contributed by atoms with E-state index in [1.807, 2.05) is 0 Å². The molecule has 0 saturated carbocycles. The summed E-state index contributed by atoms with van der Waals surface area (Å²) < 4.78 is 78.8. The van der Waals surface area contributed by atoms with Crippen LogP contribution in [0.5, 0.6) is 0 Å². The van der Waals surface area contributed by atoms with Crippen LogP contribution in [0.3, 0.4) is 0 Å². The molecule has 0 aliphatic carbocycles. The number of hydrogen-bond donors (Lipinski definition) is 1. The molecule has 0 amide bonds. The van der Waals surface area contributed by atoms with Crippen LogP contribution in [0.2, 0.25) is 0 Å². The lowest BCUT2D eigenvalue weighted by atomic mass is 10.1. The number of aromatic nitrogens is 5. The maximum absolute atomic E-state index is 13.2. The van der Waals surface area contributed by atoms with E-state index < -0.39 is 23.6 Å². The van der Waals surface area contributed by atoms with Gasteiger partial charge in [-0.25, -0.2) is 9.97 Å². The van der Waals surface area contributed by atoms with Gasteiger partial charge >= 0.3 is 12.4 Å². The van der Waals surface area contributed by atoms with Crippen molar-refractivity contribution in [3.05, 3.63) is 66.4 Å². The normalized spacial score (nSPS) is 11.9. The predicted molar refractivity (Wildman–Crippen MR) is 101 cm³/mol. The first-order valence-corrected chi connectivity index (χ1v) is 8.29. The van der Waals surface area contributed by atoms with Gasteiger partial charge in [0.1, 0.15) is 5.69 Å². The number of imidazole rings is 1. The fourth-order valence-electron chi connectivity index (χ4n) is 2.74. The van der Waals surface area contributed by atoms with Crippen LogP contribution < -0.4 is 5.32 Å². The van der Waals surface area contributed by atoms with Gasteiger partial charge in [0.2, 0.25) is 0 Å². The van der Waals surface area contributed by atoms with E-state index in [0.29, 0.717) is 0 Å². The molecule has 4 heterocycles. The van der Waals surface area contributed by atoms with Gasteiger partial charge in [0, 0.05) is 11.8 Å². The molecule has 0 spiro atoms. The highest BCUT2D eigenvalue weighted by atomic mass is 35.5. The van der Waals surface area contributed by atoms with Gasteiger partial charge in [0.05, 0.1) is 35.5 Å². The maximum atomic E-state index is 13.2. The van der Waals surface area contributed by atoms with Gasteiger partial charge in [0.25, 0.3) is 0 Å². The number of nitrogens with one attached hydrogen (secondary N) is 1. The molecule has 6 nitrogen and oxygen atoms in total. The number of fused-ring (bicyclic) bond motifs is 1. The summed E-state index contributed by atoms with van der Waals surface area (Å²) in [6.07, 6.45) is -4.37. The molecule has 31 heavy (non-hydrogen) atoms. The van der Waals surface area contributed by atoms with Gasteiger partial charge < -0.3 is 5.32 Å². The zero-order valence-electron chi connectivity index (χ0n) is 15.1. The molecule has 0 fully saturated rings. The highest BCUT2D eigenvalue weighted by Crippen LogP contribution is 2.35. The van der Waals surface area contributed by atoms with E-state index in [2.05, 4.69) is 25.4 Å². The molecule has 13 heteroatoms. The molecule has 0 aliphatic rings. The van der Waals surface area contributed by atoms with Crippen molar-refractivity contribution >= 4 is 29.6 Å². The average molecular weight is 461 g/mol. The fraction of sp³-hybridized carbons (Fsp3) is 0.111. The molecule has 0 bridgehead atoms. The first-order chi connectivity index (χ1) is 14.1. The minimum Gasteiger partial charge on any atom is -0.338 e. The summed E-state index contributed by atoms with van der Waals surface area (Å²) in [5.74, 6) is 0.287. The third-order valence-corrected chi connectivity index (χ3v) is 4.07. The molecule has 162 valence electrons. The number of nitrogens with zero attached hydrogens (tertiary/aromatic N) is 5. The number of rotatable bonds is 3. The number of hydrogen-bond acceptors (Lipinski definition) is 5. The Morgan fingerprint density at radius 3 is 2.26 bits per heavy atom. The average Bonchev–Trinajstić information content (AvgIpc) is 3.09.